The maximum atomic E-state index is 11.8. The van der Waals surface area contributed by atoms with E-state index in [4.69, 9.17) is 0 Å². The van der Waals surface area contributed by atoms with E-state index in [0.717, 1.165) is 5.56 Å². The fourth-order valence-electron chi connectivity index (χ4n) is 1.24. The van der Waals surface area contributed by atoms with Crippen LogP contribution in [0.15, 0.2) is 24.3 Å². The number of hydrogen-bond donors (Lipinski definition) is 2. The fourth-order valence-corrected chi connectivity index (χ4v) is 1.24. The van der Waals surface area contributed by atoms with Gasteiger partial charge in [0.15, 0.2) is 0 Å². The topological polar surface area (TPSA) is 67.4 Å². The molecule has 0 saturated heterocycles. The summed E-state index contributed by atoms with van der Waals surface area (Å²) in [4.78, 5) is 26.9. The lowest BCUT2D eigenvalue weighted by Crippen LogP contribution is -2.36. The Morgan fingerprint density at radius 1 is 1.25 bits per heavy atom. The van der Waals surface area contributed by atoms with Crippen molar-refractivity contribution in [1.82, 2.24) is 5.48 Å². The van der Waals surface area contributed by atoms with Crippen LogP contribution in [0.3, 0.4) is 0 Å². The van der Waals surface area contributed by atoms with E-state index in [1.54, 1.807) is 36.7 Å². The van der Waals surface area contributed by atoms with Crippen molar-refractivity contribution < 1.29 is 27.6 Å². The van der Waals surface area contributed by atoms with Crippen molar-refractivity contribution in [3.05, 3.63) is 29.8 Å². The Balaban J connectivity index is 2.35. The van der Waals surface area contributed by atoms with Crippen molar-refractivity contribution in [3.63, 3.8) is 0 Å². The van der Waals surface area contributed by atoms with Crippen LogP contribution in [0, 0.1) is 6.92 Å². The van der Waals surface area contributed by atoms with Gasteiger partial charge < -0.3 is 5.32 Å². The predicted octanol–water partition coefficient (Wildman–Crippen LogP) is 1.93. The third-order valence-electron chi connectivity index (χ3n) is 2.13. The number of anilines is 1. The summed E-state index contributed by atoms with van der Waals surface area (Å²) in [5.74, 6) is -2.20. The lowest BCUT2D eigenvalue weighted by molar-refractivity contribution is -0.159. The number of amides is 2. The molecule has 0 saturated carbocycles. The van der Waals surface area contributed by atoms with Crippen LogP contribution < -0.4 is 10.8 Å². The monoisotopic (exact) mass is 290 g/mol. The largest absolute Gasteiger partial charge is 0.391 e. The molecule has 2 N–H and O–H groups in total. The maximum Gasteiger partial charge on any atom is 0.391 e. The molecule has 0 bridgehead atoms. The molecule has 1 aromatic rings. The van der Waals surface area contributed by atoms with Crippen LogP contribution in [-0.2, 0) is 14.4 Å². The van der Waals surface area contributed by atoms with Gasteiger partial charge in [0.25, 0.3) is 0 Å². The second-order valence-corrected chi connectivity index (χ2v) is 3.97. The van der Waals surface area contributed by atoms with Gasteiger partial charge in [0.05, 0.1) is 13.0 Å². The zero-order valence-corrected chi connectivity index (χ0v) is 10.6. The zero-order valence-electron chi connectivity index (χ0n) is 10.6. The average Bonchev–Trinajstić information content (AvgIpc) is 2.33. The molecule has 0 radical (unpaired) electrons. The summed E-state index contributed by atoms with van der Waals surface area (Å²) in [6.07, 6.45) is -5.60. The van der Waals surface area contributed by atoms with E-state index in [2.05, 4.69) is 10.2 Å². The molecule has 1 rings (SSSR count). The van der Waals surface area contributed by atoms with Gasteiger partial charge in [-0.1, -0.05) is 12.1 Å². The highest BCUT2D eigenvalue weighted by Crippen LogP contribution is 2.18. The second kappa shape index (κ2) is 6.90. The summed E-state index contributed by atoms with van der Waals surface area (Å²) in [5, 5.41) is 2.29. The van der Waals surface area contributed by atoms with Gasteiger partial charge in [0.2, 0.25) is 0 Å². The fraction of sp³-hybridized carbons (Fsp3) is 0.333. The maximum absolute atomic E-state index is 11.8. The number of nitrogens with one attached hydrogen (secondary N) is 2. The van der Waals surface area contributed by atoms with Crippen molar-refractivity contribution in [2.75, 3.05) is 11.9 Å². The van der Waals surface area contributed by atoms with Crippen LogP contribution >= 0.6 is 0 Å². The summed E-state index contributed by atoms with van der Waals surface area (Å²) in [6, 6.07) is 6.69. The molecule has 0 fully saturated rings. The number of carbonyl (C=O) groups is 2. The van der Waals surface area contributed by atoms with E-state index < -0.39 is 31.0 Å². The number of alkyl halides is 3. The van der Waals surface area contributed by atoms with Crippen molar-refractivity contribution in [2.45, 2.75) is 19.5 Å². The van der Waals surface area contributed by atoms with Gasteiger partial charge in [-0.2, -0.15) is 13.2 Å². The minimum absolute atomic E-state index is 0.403. The number of carbonyl (C=O) groups excluding carboxylic acids is 2. The highest BCUT2D eigenvalue weighted by Gasteiger charge is 2.27. The van der Waals surface area contributed by atoms with E-state index in [1.165, 1.54) is 0 Å². The molecule has 2 amide bonds. The van der Waals surface area contributed by atoms with Crippen molar-refractivity contribution >= 4 is 17.5 Å². The van der Waals surface area contributed by atoms with Crippen molar-refractivity contribution in [1.29, 1.82) is 0 Å². The van der Waals surface area contributed by atoms with Crippen LogP contribution in [0.2, 0.25) is 0 Å². The van der Waals surface area contributed by atoms with Crippen molar-refractivity contribution in [2.24, 2.45) is 0 Å². The summed E-state index contributed by atoms with van der Waals surface area (Å²) >= 11 is 0. The normalized spacial score (nSPS) is 11.0. The van der Waals surface area contributed by atoms with Gasteiger partial charge in [-0.05, 0) is 24.6 Å². The molecule has 1 aromatic carbocycles. The van der Waals surface area contributed by atoms with Gasteiger partial charge in [0.1, 0.15) is 0 Å². The van der Waals surface area contributed by atoms with E-state index in [-0.39, 0.29) is 0 Å². The predicted molar refractivity (Wildman–Crippen MR) is 64.6 cm³/mol. The number of aryl methyl sites for hydroxylation is 1. The van der Waals surface area contributed by atoms with E-state index in [0.29, 0.717) is 5.69 Å². The SMILES string of the molecule is Cc1cccc(NC(=O)C(=O)NOCCC(F)(F)F)c1. The molecule has 0 heterocycles. The summed E-state index contributed by atoms with van der Waals surface area (Å²) in [5.41, 5.74) is 2.92. The van der Waals surface area contributed by atoms with Crippen LogP contribution in [-0.4, -0.2) is 24.6 Å². The van der Waals surface area contributed by atoms with Crippen LogP contribution in [0.4, 0.5) is 18.9 Å². The Kier molecular flexibility index (Phi) is 5.51. The molecule has 110 valence electrons. The van der Waals surface area contributed by atoms with Gasteiger partial charge in [-0.15, -0.1) is 0 Å². The molecule has 0 aliphatic heterocycles. The smallest absolute Gasteiger partial charge is 0.318 e. The van der Waals surface area contributed by atoms with E-state index >= 15 is 0 Å². The number of rotatable bonds is 4. The van der Waals surface area contributed by atoms with Crippen LogP contribution in [0.25, 0.3) is 0 Å². The Labute approximate surface area is 113 Å². The minimum Gasteiger partial charge on any atom is -0.318 e. The molecule has 0 aromatic heterocycles. The molecule has 0 atom stereocenters. The highest BCUT2D eigenvalue weighted by molar-refractivity contribution is 6.39. The number of hydroxylamine groups is 1. The van der Waals surface area contributed by atoms with Crippen LogP contribution in [0.5, 0.6) is 0 Å². The Morgan fingerprint density at radius 3 is 2.55 bits per heavy atom. The molecule has 0 spiro atoms. The standard InChI is InChI=1S/C12H13F3N2O3/c1-8-3-2-4-9(7-8)16-10(18)11(19)17-20-6-5-12(13,14)15/h2-4,7H,5-6H2,1H3,(H,16,18)(H,17,19). The highest BCUT2D eigenvalue weighted by atomic mass is 19.4. The Bertz CT molecular complexity index is 489. The third kappa shape index (κ3) is 6.19. The Hall–Kier alpha value is -2.09. The second-order valence-electron chi connectivity index (χ2n) is 3.97. The summed E-state index contributed by atoms with van der Waals surface area (Å²) < 4.78 is 35.4. The number of halogens is 3. The minimum atomic E-state index is -4.38. The molecular formula is C12H13F3N2O3. The van der Waals surface area contributed by atoms with Gasteiger partial charge in [-0.3, -0.25) is 14.4 Å². The first-order valence-corrected chi connectivity index (χ1v) is 5.64. The van der Waals surface area contributed by atoms with Gasteiger partial charge >= 0.3 is 18.0 Å². The molecule has 20 heavy (non-hydrogen) atoms. The van der Waals surface area contributed by atoms with E-state index in [9.17, 15) is 22.8 Å². The first-order valence-electron chi connectivity index (χ1n) is 5.64. The lowest BCUT2D eigenvalue weighted by atomic mass is 10.2. The van der Waals surface area contributed by atoms with Gasteiger partial charge in [0, 0.05) is 5.69 Å². The first-order chi connectivity index (χ1) is 9.28. The van der Waals surface area contributed by atoms with Crippen LogP contribution in [0.1, 0.15) is 12.0 Å². The molecule has 5 nitrogen and oxygen atoms in total. The van der Waals surface area contributed by atoms with Crippen molar-refractivity contribution in [3.8, 4) is 0 Å². The molecule has 0 aliphatic rings. The van der Waals surface area contributed by atoms with E-state index in [1.807, 2.05) is 0 Å². The zero-order chi connectivity index (χ0) is 15.2. The number of hydrogen-bond acceptors (Lipinski definition) is 3. The summed E-state index contributed by atoms with van der Waals surface area (Å²) in [6.45, 7) is 1.04. The first kappa shape index (κ1) is 16.0. The Morgan fingerprint density at radius 2 is 1.95 bits per heavy atom. The molecule has 8 heteroatoms. The average molecular weight is 290 g/mol. The molecule has 0 unspecified atom stereocenters. The molecule has 0 aliphatic carbocycles. The quantitative estimate of drug-likeness (QED) is 0.506. The third-order valence-corrected chi connectivity index (χ3v) is 2.13. The summed E-state index contributed by atoms with van der Waals surface area (Å²) in [7, 11) is 0. The van der Waals surface area contributed by atoms with Gasteiger partial charge in [-0.25, -0.2) is 5.48 Å². The lowest BCUT2D eigenvalue weighted by Gasteiger charge is -2.08. The molecular weight excluding hydrogens is 277 g/mol. The number of benzene rings is 1.